The fraction of sp³-hybridized carbons (Fsp3) is 0.0769. The summed E-state index contributed by atoms with van der Waals surface area (Å²) < 4.78 is 7.72. The first-order valence-corrected chi connectivity index (χ1v) is 6.69. The Morgan fingerprint density at radius 2 is 1.59 bits per heavy atom. The molecule has 0 unspecified atom stereocenters. The van der Waals surface area contributed by atoms with E-state index in [9.17, 15) is 0 Å². The van der Waals surface area contributed by atoms with Gasteiger partial charge in [0, 0.05) is 15.5 Å². The molecule has 4 heteroatoms. The van der Waals surface area contributed by atoms with Gasteiger partial charge in [0.2, 0.25) is 0 Å². The molecule has 0 heterocycles. The first-order chi connectivity index (χ1) is 8.19. The highest BCUT2D eigenvalue weighted by Crippen LogP contribution is 2.27. The van der Waals surface area contributed by atoms with Crippen LogP contribution in [0.5, 0.6) is 11.5 Å². The van der Waals surface area contributed by atoms with Crippen molar-refractivity contribution in [2.45, 2.75) is 6.54 Å². The van der Waals surface area contributed by atoms with Crippen LogP contribution in [-0.2, 0) is 6.54 Å². The van der Waals surface area contributed by atoms with E-state index < -0.39 is 0 Å². The Morgan fingerprint density at radius 3 is 2.18 bits per heavy atom. The normalized spacial score (nSPS) is 10.3. The third-order valence-electron chi connectivity index (χ3n) is 2.29. The number of benzene rings is 2. The minimum absolute atomic E-state index is 0.513. The van der Waals surface area contributed by atoms with E-state index in [2.05, 4.69) is 31.9 Å². The maximum Gasteiger partial charge on any atom is 0.128 e. The van der Waals surface area contributed by atoms with Gasteiger partial charge in [-0.1, -0.05) is 37.9 Å². The molecule has 2 rings (SSSR count). The standard InChI is InChI=1S/C13H11Br2NO/c14-10-2-5-11(6-3-10)17-12-4-1-9(8-16)13(15)7-12/h1-7H,8,16H2. The minimum atomic E-state index is 0.513. The lowest BCUT2D eigenvalue weighted by atomic mass is 10.2. The Hall–Kier alpha value is -0.840. The molecule has 0 fully saturated rings. The largest absolute Gasteiger partial charge is 0.457 e. The first-order valence-electron chi connectivity index (χ1n) is 5.11. The summed E-state index contributed by atoms with van der Waals surface area (Å²) in [5.41, 5.74) is 6.66. The average Bonchev–Trinajstić information content (AvgIpc) is 2.32. The van der Waals surface area contributed by atoms with Crippen LogP contribution in [0.4, 0.5) is 0 Å². The molecule has 0 saturated carbocycles. The zero-order valence-electron chi connectivity index (χ0n) is 8.99. The van der Waals surface area contributed by atoms with E-state index >= 15 is 0 Å². The molecule has 0 amide bonds. The van der Waals surface area contributed by atoms with E-state index in [0.717, 1.165) is 26.0 Å². The van der Waals surface area contributed by atoms with Crippen LogP contribution in [0, 0.1) is 0 Å². The van der Waals surface area contributed by atoms with Crippen LogP contribution in [0.25, 0.3) is 0 Å². The summed E-state index contributed by atoms with van der Waals surface area (Å²) in [4.78, 5) is 0. The van der Waals surface area contributed by atoms with Crippen LogP contribution in [0.3, 0.4) is 0 Å². The minimum Gasteiger partial charge on any atom is -0.457 e. The second-order valence-corrected chi connectivity index (χ2v) is 5.28. The number of halogens is 2. The van der Waals surface area contributed by atoms with Gasteiger partial charge in [-0.05, 0) is 42.0 Å². The van der Waals surface area contributed by atoms with Crippen LogP contribution < -0.4 is 10.5 Å². The molecule has 0 radical (unpaired) electrons. The summed E-state index contributed by atoms with van der Waals surface area (Å²) in [6.07, 6.45) is 0. The Morgan fingerprint density at radius 1 is 0.941 bits per heavy atom. The van der Waals surface area contributed by atoms with Crippen LogP contribution in [0.2, 0.25) is 0 Å². The number of hydrogen-bond donors (Lipinski definition) is 1. The molecule has 17 heavy (non-hydrogen) atoms. The molecule has 0 aliphatic carbocycles. The highest BCUT2D eigenvalue weighted by Gasteiger charge is 2.02. The predicted octanol–water partition coefficient (Wildman–Crippen LogP) is 4.46. The second-order valence-electron chi connectivity index (χ2n) is 3.51. The topological polar surface area (TPSA) is 35.2 Å². The zero-order chi connectivity index (χ0) is 12.3. The molecule has 2 aromatic carbocycles. The highest BCUT2D eigenvalue weighted by molar-refractivity contribution is 9.10. The van der Waals surface area contributed by atoms with Gasteiger partial charge >= 0.3 is 0 Å². The summed E-state index contributed by atoms with van der Waals surface area (Å²) in [5.74, 6) is 1.59. The van der Waals surface area contributed by atoms with Crippen molar-refractivity contribution in [3.8, 4) is 11.5 Å². The smallest absolute Gasteiger partial charge is 0.128 e. The Labute approximate surface area is 117 Å². The predicted molar refractivity (Wildman–Crippen MR) is 76.2 cm³/mol. The molecule has 0 bridgehead atoms. The lowest BCUT2D eigenvalue weighted by Crippen LogP contribution is -1.97. The summed E-state index contributed by atoms with van der Waals surface area (Å²) in [5, 5.41) is 0. The number of hydrogen-bond acceptors (Lipinski definition) is 2. The first kappa shape index (κ1) is 12.6. The van der Waals surface area contributed by atoms with E-state index in [1.807, 2.05) is 42.5 Å². The average molecular weight is 357 g/mol. The SMILES string of the molecule is NCc1ccc(Oc2ccc(Br)cc2)cc1Br. The molecular weight excluding hydrogens is 346 g/mol. The summed E-state index contributed by atoms with van der Waals surface area (Å²) in [7, 11) is 0. The van der Waals surface area contributed by atoms with Crippen molar-refractivity contribution in [3.05, 3.63) is 57.0 Å². The van der Waals surface area contributed by atoms with Crippen molar-refractivity contribution >= 4 is 31.9 Å². The van der Waals surface area contributed by atoms with Gasteiger partial charge in [-0.3, -0.25) is 0 Å². The van der Waals surface area contributed by atoms with Gasteiger partial charge in [-0.15, -0.1) is 0 Å². The van der Waals surface area contributed by atoms with Crippen molar-refractivity contribution in [2.24, 2.45) is 5.73 Å². The maximum atomic E-state index is 5.72. The molecule has 2 N–H and O–H groups in total. The molecule has 0 atom stereocenters. The Balaban J connectivity index is 2.19. The van der Waals surface area contributed by atoms with E-state index in [0.29, 0.717) is 6.54 Å². The lowest BCUT2D eigenvalue weighted by Gasteiger charge is -2.08. The molecule has 88 valence electrons. The van der Waals surface area contributed by atoms with Crippen molar-refractivity contribution in [2.75, 3.05) is 0 Å². The van der Waals surface area contributed by atoms with Crippen molar-refractivity contribution in [1.29, 1.82) is 0 Å². The molecule has 0 aromatic heterocycles. The Kier molecular flexibility index (Phi) is 4.20. The van der Waals surface area contributed by atoms with Crippen LogP contribution in [-0.4, -0.2) is 0 Å². The molecule has 0 aliphatic heterocycles. The fourth-order valence-electron chi connectivity index (χ4n) is 1.40. The molecule has 2 nitrogen and oxygen atoms in total. The van der Waals surface area contributed by atoms with E-state index in [4.69, 9.17) is 10.5 Å². The number of rotatable bonds is 3. The van der Waals surface area contributed by atoms with Gasteiger partial charge < -0.3 is 10.5 Å². The molecular formula is C13H11Br2NO. The Bertz CT molecular complexity index is 511. The van der Waals surface area contributed by atoms with Crippen molar-refractivity contribution < 1.29 is 4.74 Å². The van der Waals surface area contributed by atoms with Crippen molar-refractivity contribution in [3.63, 3.8) is 0 Å². The number of nitrogens with two attached hydrogens (primary N) is 1. The van der Waals surface area contributed by atoms with E-state index in [-0.39, 0.29) is 0 Å². The zero-order valence-corrected chi connectivity index (χ0v) is 12.2. The van der Waals surface area contributed by atoms with Crippen LogP contribution in [0.1, 0.15) is 5.56 Å². The number of ether oxygens (including phenoxy) is 1. The second kappa shape index (κ2) is 5.67. The van der Waals surface area contributed by atoms with Gasteiger partial charge in [0.25, 0.3) is 0 Å². The van der Waals surface area contributed by atoms with Gasteiger partial charge in [-0.25, -0.2) is 0 Å². The highest BCUT2D eigenvalue weighted by atomic mass is 79.9. The summed E-state index contributed by atoms with van der Waals surface area (Å²) >= 11 is 6.85. The van der Waals surface area contributed by atoms with Gasteiger partial charge in [0.05, 0.1) is 0 Å². The third kappa shape index (κ3) is 3.31. The molecule has 2 aromatic rings. The van der Waals surface area contributed by atoms with Gasteiger partial charge in [-0.2, -0.15) is 0 Å². The fourth-order valence-corrected chi connectivity index (χ4v) is 2.18. The van der Waals surface area contributed by atoms with E-state index in [1.54, 1.807) is 0 Å². The van der Waals surface area contributed by atoms with Crippen molar-refractivity contribution in [1.82, 2.24) is 0 Å². The third-order valence-corrected chi connectivity index (χ3v) is 3.56. The molecule has 0 aliphatic rings. The quantitative estimate of drug-likeness (QED) is 0.880. The lowest BCUT2D eigenvalue weighted by molar-refractivity contribution is 0.482. The van der Waals surface area contributed by atoms with Gasteiger partial charge in [0.15, 0.2) is 0 Å². The monoisotopic (exact) mass is 355 g/mol. The van der Waals surface area contributed by atoms with Crippen LogP contribution in [0.15, 0.2) is 51.4 Å². The maximum absolute atomic E-state index is 5.72. The van der Waals surface area contributed by atoms with Gasteiger partial charge in [0.1, 0.15) is 11.5 Å². The summed E-state index contributed by atoms with van der Waals surface area (Å²) in [6.45, 7) is 0.513. The van der Waals surface area contributed by atoms with Crippen LogP contribution >= 0.6 is 31.9 Å². The van der Waals surface area contributed by atoms with E-state index in [1.165, 1.54) is 0 Å². The molecule has 0 saturated heterocycles. The molecule has 0 spiro atoms. The summed E-state index contributed by atoms with van der Waals surface area (Å²) in [6, 6.07) is 13.5.